The van der Waals surface area contributed by atoms with Crippen molar-refractivity contribution in [3.63, 3.8) is 0 Å². The Balaban J connectivity index is 2.52. The number of hydrogen-bond acceptors (Lipinski definition) is 1. The largest absolute Gasteiger partial charge is 0.465 e. The van der Waals surface area contributed by atoms with Gasteiger partial charge >= 0.3 is 6.09 Å². The zero-order valence-electron chi connectivity index (χ0n) is 9.60. The molecule has 1 amide bonds. The van der Waals surface area contributed by atoms with Gasteiger partial charge in [0.2, 0.25) is 0 Å². The maximum Gasteiger partial charge on any atom is 0.404 e. The molecule has 0 aliphatic carbocycles. The van der Waals surface area contributed by atoms with Gasteiger partial charge in [-0.3, -0.25) is 0 Å². The van der Waals surface area contributed by atoms with E-state index in [2.05, 4.69) is 11.9 Å². The Labute approximate surface area is 99.2 Å². The van der Waals surface area contributed by atoms with Crippen LogP contribution in [0.1, 0.15) is 11.1 Å². The van der Waals surface area contributed by atoms with E-state index in [1.807, 2.05) is 36.0 Å². The van der Waals surface area contributed by atoms with Crippen LogP contribution in [0.4, 0.5) is 4.79 Å². The average Bonchev–Trinajstić information content (AvgIpc) is 2.64. The lowest BCUT2D eigenvalue weighted by Gasteiger charge is -2.01. The molecule has 0 saturated carbocycles. The third-order valence-electron chi connectivity index (χ3n) is 2.77. The van der Waals surface area contributed by atoms with Gasteiger partial charge in [-0.15, -0.1) is 0 Å². The predicted octanol–water partition coefficient (Wildman–Crippen LogP) is 2.59. The van der Waals surface area contributed by atoms with Gasteiger partial charge in [-0.25, -0.2) is 4.79 Å². The standard InChI is InChI=1S/C13H14N2O2/c1-3-9-5-4-6-11-10(7-14-13(16)17)8-15(2)12(9)11/h3-6,8,14H,1,7H2,2H3,(H,16,17). The van der Waals surface area contributed by atoms with Crippen LogP contribution in [-0.2, 0) is 13.6 Å². The highest BCUT2D eigenvalue weighted by molar-refractivity contribution is 5.91. The molecule has 0 aliphatic heterocycles. The van der Waals surface area contributed by atoms with Crippen LogP contribution in [0, 0.1) is 0 Å². The summed E-state index contributed by atoms with van der Waals surface area (Å²) in [6, 6.07) is 5.93. The lowest BCUT2D eigenvalue weighted by molar-refractivity contribution is 0.194. The van der Waals surface area contributed by atoms with Gasteiger partial charge in [-0.2, -0.15) is 0 Å². The van der Waals surface area contributed by atoms with E-state index in [4.69, 9.17) is 5.11 Å². The number of hydrogen-bond donors (Lipinski definition) is 2. The fraction of sp³-hybridized carbons (Fsp3) is 0.154. The summed E-state index contributed by atoms with van der Waals surface area (Å²) in [5.41, 5.74) is 3.09. The van der Waals surface area contributed by atoms with Crippen molar-refractivity contribution in [1.29, 1.82) is 0 Å². The van der Waals surface area contributed by atoms with Gasteiger partial charge in [-0.1, -0.05) is 30.9 Å². The number of nitrogens with one attached hydrogen (secondary N) is 1. The number of rotatable bonds is 3. The first-order valence-electron chi connectivity index (χ1n) is 5.29. The van der Waals surface area contributed by atoms with E-state index in [1.54, 1.807) is 6.08 Å². The zero-order valence-corrected chi connectivity index (χ0v) is 9.60. The summed E-state index contributed by atoms with van der Waals surface area (Å²) in [7, 11) is 1.94. The van der Waals surface area contributed by atoms with E-state index >= 15 is 0 Å². The molecule has 0 spiro atoms. The molecule has 2 aromatic rings. The summed E-state index contributed by atoms with van der Waals surface area (Å²) in [6.07, 6.45) is 2.73. The van der Waals surface area contributed by atoms with Crippen LogP contribution >= 0.6 is 0 Å². The molecule has 0 fully saturated rings. The number of fused-ring (bicyclic) bond motifs is 1. The summed E-state index contributed by atoms with van der Waals surface area (Å²) < 4.78 is 1.99. The van der Waals surface area contributed by atoms with Crippen LogP contribution in [-0.4, -0.2) is 15.8 Å². The van der Waals surface area contributed by atoms with Crippen LogP contribution in [0.2, 0.25) is 0 Å². The molecule has 1 aromatic heterocycles. The summed E-state index contributed by atoms with van der Waals surface area (Å²) in [4.78, 5) is 10.5. The van der Waals surface area contributed by atoms with Crippen molar-refractivity contribution < 1.29 is 9.90 Å². The number of amides is 1. The second-order valence-electron chi connectivity index (χ2n) is 3.87. The number of para-hydroxylation sites is 1. The molecule has 0 atom stereocenters. The third kappa shape index (κ3) is 2.01. The van der Waals surface area contributed by atoms with Gasteiger partial charge < -0.3 is 15.0 Å². The number of aromatic nitrogens is 1. The molecular weight excluding hydrogens is 216 g/mol. The normalized spacial score (nSPS) is 10.4. The minimum atomic E-state index is -1.01. The van der Waals surface area contributed by atoms with Crippen LogP contribution in [0.5, 0.6) is 0 Å². The SMILES string of the molecule is C=Cc1cccc2c(CNC(=O)O)cn(C)c12. The Bertz CT molecular complexity index is 584. The monoisotopic (exact) mass is 230 g/mol. The molecule has 0 unspecified atom stereocenters. The smallest absolute Gasteiger partial charge is 0.404 e. The van der Waals surface area contributed by atoms with E-state index in [1.165, 1.54) is 0 Å². The number of carbonyl (C=O) groups is 1. The molecule has 4 heteroatoms. The van der Waals surface area contributed by atoms with Gasteiger partial charge in [0, 0.05) is 25.2 Å². The fourth-order valence-electron chi connectivity index (χ4n) is 2.06. The first kappa shape index (κ1) is 11.3. The molecule has 4 nitrogen and oxygen atoms in total. The first-order chi connectivity index (χ1) is 8.13. The van der Waals surface area contributed by atoms with Crippen LogP contribution in [0.3, 0.4) is 0 Å². The molecule has 1 heterocycles. The Kier molecular flexibility index (Phi) is 2.87. The molecule has 0 radical (unpaired) electrons. The highest BCUT2D eigenvalue weighted by Crippen LogP contribution is 2.24. The van der Waals surface area contributed by atoms with Crippen molar-refractivity contribution in [3.05, 3.63) is 42.1 Å². The van der Waals surface area contributed by atoms with E-state index in [-0.39, 0.29) is 0 Å². The number of aryl methyl sites for hydroxylation is 1. The van der Waals surface area contributed by atoms with Gasteiger partial charge in [0.15, 0.2) is 0 Å². The van der Waals surface area contributed by atoms with E-state index < -0.39 is 6.09 Å². The molecule has 2 N–H and O–H groups in total. The van der Waals surface area contributed by atoms with Gasteiger partial charge in [0.1, 0.15) is 0 Å². The fourth-order valence-corrected chi connectivity index (χ4v) is 2.06. The van der Waals surface area contributed by atoms with Gasteiger partial charge in [0.25, 0.3) is 0 Å². The minimum absolute atomic E-state index is 0.313. The number of carboxylic acid groups (broad SMARTS) is 1. The Morgan fingerprint density at radius 2 is 2.35 bits per heavy atom. The van der Waals surface area contributed by atoms with Crippen molar-refractivity contribution >= 4 is 23.1 Å². The lowest BCUT2D eigenvalue weighted by Crippen LogP contribution is -2.19. The van der Waals surface area contributed by atoms with Crippen molar-refractivity contribution in [2.24, 2.45) is 7.05 Å². The molecule has 1 aromatic carbocycles. The quantitative estimate of drug-likeness (QED) is 0.851. The molecule has 0 bridgehead atoms. The minimum Gasteiger partial charge on any atom is -0.465 e. The Morgan fingerprint density at radius 1 is 1.59 bits per heavy atom. The molecular formula is C13H14N2O2. The maximum absolute atomic E-state index is 10.5. The first-order valence-corrected chi connectivity index (χ1v) is 5.29. The summed E-state index contributed by atoms with van der Waals surface area (Å²) >= 11 is 0. The number of nitrogens with zero attached hydrogens (tertiary/aromatic N) is 1. The molecule has 2 rings (SSSR count). The number of benzene rings is 1. The molecule has 88 valence electrons. The predicted molar refractivity (Wildman–Crippen MR) is 67.9 cm³/mol. The zero-order chi connectivity index (χ0) is 12.4. The summed E-state index contributed by atoms with van der Waals surface area (Å²) in [6.45, 7) is 4.10. The van der Waals surface area contributed by atoms with Gasteiger partial charge in [0.05, 0.1) is 5.52 Å². The highest BCUT2D eigenvalue weighted by atomic mass is 16.4. The summed E-state index contributed by atoms with van der Waals surface area (Å²) in [5, 5.41) is 12.1. The van der Waals surface area contributed by atoms with E-state index in [0.717, 1.165) is 22.0 Å². The van der Waals surface area contributed by atoms with Crippen molar-refractivity contribution in [3.8, 4) is 0 Å². The van der Waals surface area contributed by atoms with Crippen molar-refractivity contribution in [1.82, 2.24) is 9.88 Å². The second-order valence-corrected chi connectivity index (χ2v) is 3.87. The Hall–Kier alpha value is -2.23. The van der Waals surface area contributed by atoms with E-state index in [9.17, 15) is 4.79 Å². The second kappa shape index (κ2) is 4.33. The van der Waals surface area contributed by atoms with Gasteiger partial charge in [-0.05, 0) is 11.1 Å². The van der Waals surface area contributed by atoms with E-state index in [0.29, 0.717) is 6.54 Å². The van der Waals surface area contributed by atoms with Crippen molar-refractivity contribution in [2.45, 2.75) is 6.54 Å². The topological polar surface area (TPSA) is 54.3 Å². The average molecular weight is 230 g/mol. The Morgan fingerprint density at radius 3 is 3.00 bits per heavy atom. The van der Waals surface area contributed by atoms with Crippen LogP contribution in [0.25, 0.3) is 17.0 Å². The van der Waals surface area contributed by atoms with Crippen LogP contribution in [0.15, 0.2) is 31.0 Å². The molecule has 17 heavy (non-hydrogen) atoms. The molecule has 0 saturated heterocycles. The lowest BCUT2D eigenvalue weighted by atomic mass is 10.1. The molecule has 0 aliphatic rings. The summed E-state index contributed by atoms with van der Waals surface area (Å²) in [5.74, 6) is 0. The maximum atomic E-state index is 10.5. The van der Waals surface area contributed by atoms with Crippen molar-refractivity contribution in [2.75, 3.05) is 0 Å². The highest BCUT2D eigenvalue weighted by Gasteiger charge is 2.09. The third-order valence-corrected chi connectivity index (χ3v) is 2.77. The van der Waals surface area contributed by atoms with Crippen LogP contribution < -0.4 is 5.32 Å².